The summed E-state index contributed by atoms with van der Waals surface area (Å²) in [6.07, 6.45) is 0. The molecule has 2 aromatic rings. The average Bonchev–Trinajstić information content (AvgIpc) is 2.38. The molecule has 1 N–H and O–H groups in total. The van der Waals surface area contributed by atoms with Crippen LogP contribution in [0, 0.1) is 19.7 Å². The minimum atomic E-state index is -0.292. The van der Waals surface area contributed by atoms with Gasteiger partial charge in [0, 0.05) is 23.4 Å². The normalized spacial score (nSPS) is 10.6. The number of nitrogens with one attached hydrogen (secondary N) is 1. The molecular weight excluding hydrogens is 309 g/mol. The van der Waals surface area contributed by atoms with Crippen LogP contribution in [0.3, 0.4) is 0 Å². The second-order valence-corrected chi connectivity index (χ2v) is 5.12. The van der Waals surface area contributed by atoms with E-state index in [1.54, 1.807) is 12.1 Å². The van der Waals surface area contributed by atoms with Gasteiger partial charge in [0.05, 0.1) is 4.47 Å². The molecule has 0 amide bonds. The second kappa shape index (κ2) is 5.65. The fraction of sp³-hybridized carbons (Fsp3) is 0.286. The Morgan fingerprint density at radius 3 is 2.63 bits per heavy atom. The van der Waals surface area contributed by atoms with Crippen molar-refractivity contribution in [3.63, 3.8) is 0 Å². The maximum Gasteiger partial charge on any atom is 0.161 e. The number of hydrogen-bond acceptors (Lipinski definition) is 3. The number of hydrogen-bond donors (Lipinski definition) is 1. The highest BCUT2D eigenvalue weighted by Crippen LogP contribution is 2.25. The van der Waals surface area contributed by atoms with Gasteiger partial charge in [-0.2, -0.15) is 0 Å². The molecule has 1 aromatic carbocycles. The Kier molecular flexibility index (Phi) is 4.14. The van der Waals surface area contributed by atoms with E-state index in [9.17, 15) is 4.39 Å². The highest BCUT2D eigenvalue weighted by Gasteiger charge is 2.10. The van der Waals surface area contributed by atoms with Gasteiger partial charge in [-0.3, -0.25) is 0 Å². The molecule has 0 fully saturated rings. The summed E-state index contributed by atoms with van der Waals surface area (Å²) in [6, 6.07) is 4.78. The van der Waals surface area contributed by atoms with Gasteiger partial charge in [-0.05, 0) is 54.9 Å². The smallest absolute Gasteiger partial charge is 0.161 e. The molecule has 0 bridgehead atoms. The summed E-state index contributed by atoms with van der Waals surface area (Å²) in [4.78, 5) is 8.96. The molecule has 0 aliphatic rings. The lowest BCUT2D eigenvalue weighted by atomic mass is 10.2. The molecule has 1 heterocycles. The van der Waals surface area contributed by atoms with Crippen molar-refractivity contribution in [3.05, 3.63) is 39.7 Å². The van der Waals surface area contributed by atoms with E-state index in [-0.39, 0.29) is 5.82 Å². The van der Waals surface area contributed by atoms with Crippen LogP contribution in [0.5, 0.6) is 0 Å². The summed E-state index contributed by atoms with van der Waals surface area (Å²) in [5, 5.41) is 3.22. The number of rotatable bonds is 3. The van der Waals surface area contributed by atoms with E-state index in [0.29, 0.717) is 10.3 Å². The average molecular weight is 324 g/mol. The predicted octanol–water partition coefficient (Wildman–Crippen LogP) is 4.09. The van der Waals surface area contributed by atoms with Crippen LogP contribution in [0.2, 0.25) is 0 Å². The number of nitrogens with zero attached hydrogens (tertiary/aromatic N) is 2. The quantitative estimate of drug-likeness (QED) is 0.924. The van der Waals surface area contributed by atoms with Gasteiger partial charge in [0.1, 0.15) is 11.6 Å². The molecule has 0 radical (unpaired) electrons. The fourth-order valence-electron chi connectivity index (χ4n) is 1.73. The summed E-state index contributed by atoms with van der Waals surface area (Å²) in [6.45, 7) is 6.74. The van der Waals surface area contributed by atoms with Gasteiger partial charge >= 0.3 is 0 Å². The van der Waals surface area contributed by atoms with Crippen LogP contribution in [-0.2, 0) is 0 Å². The van der Waals surface area contributed by atoms with E-state index in [1.807, 2.05) is 20.8 Å². The first-order chi connectivity index (χ1) is 9.02. The molecule has 100 valence electrons. The van der Waals surface area contributed by atoms with Crippen LogP contribution in [0.25, 0.3) is 11.4 Å². The van der Waals surface area contributed by atoms with Crippen LogP contribution in [0.1, 0.15) is 18.2 Å². The van der Waals surface area contributed by atoms with E-state index in [0.717, 1.165) is 29.2 Å². The summed E-state index contributed by atoms with van der Waals surface area (Å²) < 4.78 is 13.7. The van der Waals surface area contributed by atoms with Crippen molar-refractivity contribution in [2.75, 3.05) is 11.9 Å². The zero-order chi connectivity index (χ0) is 14.0. The van der Waals surface area contributed by atoms with Gasteiger partial charge in [0.25, 0.3) is 0 Å². The van der Waals surface area contributed by atoms with Gasteiger partial charge in [-0.1, -0.05) is 0 Å². The summed E-state index contributed by atoms with van der Waals surface area (Å²) in [5.74, 6) is 1.13. The topological polar surface area (TPSA) is 37.8 Å². The molecular formula is C14H15BrFN3. The first-order valence-corrected chi connectivity index (χ1v) is 6.86. The molecule has 2 rings (SSSR count). The molecule has 0 spiro atoms. The van der Waals surface area contributed by atoms with Gasteiger partial charge in [0.2, 0.25) is 0 Å². The van der Waals surface area contributed by atoms with Crippen molar-refractivity contribution < 1.29 is 4.39 Å². The molecule has 0 saturated heterocycles. The Balaban J connectivity index is 2.52. The Morgan fingerprint density at radius 2 is 2.00 bits per heavy atom. The zero-order valence-electron chi connectivity index (χ0n) is 11.1. The SMILES string of the molecule is CCNc1nc(-c2ccc(F)c(Br)c2)nc(C)c1C. The third-order valence-electron chi connectivity index (χ3n) is 2.91. The Labute approximate surface area is 120 Å². The van der Waals surface area contributed by atoms with Crippen LogP contribution in [-0.4, -0.2) is 16.5 Å². The second-order valence-electron chi connectivity index (χ2n) is 4.27. The van der Waals surface area contributed by atoms with E-state index in [4.69, 9.17) is 0 Å². The van der Waals surface area contributed by atoms with Gasteiger partial charge in [-0.15, -0.1) is 0 Å². The Morgan fingerprint density at radius 1 is 1.26 bits per heavy atom. The van der Waals surface area contributed by atoms with Crippen LogP contribution in [0.4, 0.5) is 10.2 Å². The number of aryl methyl sites for hydroxylation is 1. The zero-order valence-corrected chi connectivity index (χ0v) is 12.7. The maximum atomic E-state index is 13.3. The number of halogens is 2. The van der Waals surface area contributed by atoms with Crippen molar-refractivity contribution in [2.45, 2.75) is 20.8 Å². The molecule has 1 aromatic heterocycles. The van der Waals surface area contributed by atoms with E-state index in [2.05, 4.69) is 31.2 Å². The maximum absolute atomic E-state index is 13.3. The third kappa shape index (κ3) is 2.92. The summed E-state index contributed by atoms with van der Waals surface area (Å²) in [5.41, 5.74) is 2.74. The molecule has 0 aliphatic carbocycles. The number of benzene rings is 1. The number of aromatic nitrogens is 2. The fourth-order valence-corrected chi connectivity index (χ4v) is 2.11. The van der Waals surface area contributed by atoms with Gasteiger partial charge in [-0.25, -0.2) is 14.4 Å². The molecule has 5 heteroatoms. The highest BCUT2D eigenvalue weighted by molar-refractivity contribution is 9.10. The monoisotopic (exact) mass is 323 g/mol. The van der Waals surface area contributed by atoms with Crippen LogP contribution < -0.4 is 5.32 Å². The Hall–Kier alpha value is -1.49. The lowest BCUT2D eigenvalue weighted by Gasteiger charge is -2.11. The minimum Gasteiger partial charge on any atom is -0.370 e. The molecule has 19 heavy (non-hydrogen) atoms. The van der Waals surface area contributed by atoms with Crippen molar-refractivity contribution in [3.8, 4) is 11.4 Å². The van der Waals surface area contributed by atoms with E-state index >= 15 is 0 Å². The molecule has 0 aliphatic heterocycles. The van der Waals surface area contributed by atoms with Crippen molar-refractivity contribution in [1.82, 2.24) is 9.97 Å². The van der Waals surface area contributed by atoms with Crippen LogP contribution >= 0.6 is 15.9 Å². The molecule has 3 nitrogen and oxygen atoms in total. The first kappa shape index (κ1) is 13.9. The lowest BCUT2D eigenvalue weighted by molar-refractivity contribution is 0.621. The lowest BCUT2D eigenvalue weighted by Crippen LogP contribution is -2.06. The third-order valence-corrected chi connectivity index (χ3v) is 3.52. The van der Waals surface area contributed by atoms with Crippen molar-refractivity contribution >= 4 is 21.7 Å². The predicted molar refractivity (Wildman–Crippen MR) is 78.8 cm³/mol. The van der Waals surface area contributed by atoms with Crippen LogP contribution in [0.15, 0.2) is 22.7 Å². The first-order valence-electron chi connectivity index (χ1n) is 6.07. The van der Waals surface area contributed by atoms with Gasteiger partial charge in [0.15, 0.2) is 5.82 Å². The Bertz CT molecular complexity index is 614. The minimum absolute atomic E-state index is 0.292. The largest absolute Gasteiger partial charge is 0.370 e. The summed E-state index contributed by atoms with van der Waals surface area (Å²) >= 11 is 3.18. The molecule has 0 saturated carbocycles. The highest BCUT2D eigenvalue weighted by atomic mass is 79.9. The van der Waals surface area contributed by atoms with Crippen molar-refractivity contribution in [2.24, 2.45) is 0 Å². The standard InChI is InChI=1S/C14H15BrFN3/c1-4-17-13-8(2)9(3)18-14(19-13)10-5-6-12(16)11(15)7-10/h5-7H,4H2,1-3H3,(H,17,18,19). The number of anilines is 1. The summed E-state index contributed by atoms with van der Waals surface area (Å²) in [7, 11) is 0. The molecule has 0 atom stereocenters. The molecule has 0 unspecified atom stereocenters. The van der Waals surface area contributed by atoms with Gasteiger partial charge < -0.3 is 5.32 Å². The van der Waals surface area contributed by atoms with E-state index in [1.165, 1.54) is 6.07 Å². The van der Waals surface area contributed by atoms with E-state index < -0.39 is 0 Å². The van der Waals surface area contributed by atoms with Crippen molar-refractivity contribution in [1.29, 1.82) is 0 Å².